The van der Waals surface area contributed by atoms with Crippen LogP contribution < -0.4 is 0 Å². The molecule has 0 heterocycles. The fourth-order valence-corrected chi connectivity index (χ4v) is 2.11. The van der Waals surface area contributed by atoms with Crippen LogP contribution in [0.4, 0.5) is 4.79 Å². The van der Waals surface area contributed by atoms with Gasteiger partial charge in [0.05, 0.1) is 0 Å². The highest BCUT2D eigenvalue weighted by Crippen LogP contribution is 2.34. The third-order valence-electron chi connectivity index (χ3n) is 3.11. The van der Waals surface area contributed by atoms with Crippen LogP contribution in [0.3, 0.4) is 0 Å². The van der Waals surface area contributed by atoms with E-state index in [1.807, 2.05) is 51.1 Å². The summed E-state index contributed by atoms with van der Waals surface area (Å²) in [6.07, 6.45) is 2.26. The molecule has 0 radical (unpaired) electrons. The first-order valence-electron chi connectivity index (χ1n) is 6.94. The normalized spacial score (nSPS) is 16.4. The van der Waals surface area contributed by atoms with Gasteiger partial charge in [0.1, 0.15) is 17.9 Å². The van der Waals surface area contributed by atoms with Crippen molar-refractivity contribution in [3.8, 4) is 0 Å². The number of rotatable bonds is 4. The van der Waals surface area contributed by atoms with Gasteiger partial charge < -0.3 is 9.53 Å². The molecular weight excluding hydrogens is 254 g/mol. The monoisotopic (exact) mass is 275 g/mol. The van der Waals surface area contributed by atoms with Crippen molar-refractivity contribution in [1.29, 1.82) is 0 Å². The quantitative estimate of drug-likeness (QED) is 0.792. The molecule has 4 heteroatoms. The summed E-state index contributed by atoms with van der Waals surface area (Å²) >= 11 is 0. The van der Waals surface area contributed by atoms with Crippen molar-refractivity contribution >= 4 is 12.4 Å². The third-order valence-corrected chi connectivity index (χ3v) is 3.11. The predicted molar refractivity (Wildman–Crippen MR) is 76.3 cm³/mol. The molecule has 0 spiro atoms. The molecule has 0 aromatic heterocycles. The molecule has 0 aliphatic heterocycles. The Morgan fingerprint density at radius 1 is 1.30 bits per heavy atom. The second-order valence-corrected chi connectivity index (χ2v) is 6.11. The number of amides is 1. The molecule has 1 aromatic carbocycles. The van der Waals surface area contributed by atoms with Crippen molar-refractivity contribution in [2.45, 2.75) is 51.3 Å². The Morgan fingerprint density at radius 2 is 1.90 bits per heavy atom. The second-order valence-electron chi connectivity index (χ2n) is 6.11. The average molecular weight is 275 g/mol. The van der Waals surface area contributed by atoms with E-state index in [1.165, 1.54) is 0 Å². The predicted octanol–water partition coefficient (Wildman–Crippen LogP) is 3.33. The highest BCUT2D eigenvalue weighted by atomic mass is 16.6. The molecule has 108 valence electrons. The van der Waals surface area contributed by atoms with Crippen LogP contribution in [0.1, 0.15) is 45.2 Å². The number of aldehydes is 1. The van der Waals surface area contributed by atoms with Gasteiger partial charge in [-0.05, 0) is 39.2 Å². The largest absolute Gasteiger partial charge is 0.444 e. The zero-order chi connectivity index (χ0) is 14.8. The maximum Gasteiger partial charge on any atom is 0.411 e. The lowest BCUT2D eigenvalue weighted by molar-refractivity contribution is -0.113. The summed E-state index contributed by atoms with van der Waals surface area (Å²) in [6, 6.07) is 8.88. The zero-order valence-corrected chi connectivity index (χ0v) is 12.2. The van der Waals surface area contributed by atoms with E-state index in [1.54, 1.807) is 4.90 Å². The first kappa shape index (κ1) is 14.6. The lowest BCUT2D eigenvalue weighted by Crippen LogP contribution is -2.41. The van der Waals surface area contributed by atoms with Crippen LogP contribution in [-0.4, -0.2) is 28.9 Å². The molecule has 1 saturated carbocycles. The highest BCUT2D eigenvalue weighted by molar-refractivity contribution is 5.75. The van der Waals surface area contributed by atoms with E-state index in [4.69, 9.17) is 4.74 Å². The molecule has 2 rings (SSSR count). The Bertz CT molecular complexity index is 474. The average Bonchev–Trinajstić information content (AvgIpc) is 3.18. The van der Waals surface area contributed by atoms with Crippen LogP contribution in [0, 0.1) is 0 Å². The molecule has 0 saturated heterocycles. The summed E-state index contributed by atoms with van der Waals surface area (Å²) in [5, 5.41) is 0. The van der Waals surface area contributed by atoms with Crippen molar-refractivity contribution in [2.24, 2.45) is 0 Å². The van der Waals surface area contributed by atoms with E-state index in [0.717, 1.165) is 24.7 Å². The molecule has 0 bridgehead atoms. The summed E-state index contributed by atoms with van der Waals surface area (Å²) in [6.45, 7) is 5.48. The van der Waals surface area contributed by atoms with E-state index < -0.39 is 17.7 Å². The molecule has 1 aliphatic rings. The number of ether oxygens (including phenoxy) is 1. The van der Waals surface area contributed by atoms with Gasteiger partial charge in [0.2, 0.25) is 0 Å². The highest BCUT2D eigenvalue weighted by Gasteiger charge is 2.40. The van der Waals surface area contributed by atoms with Gasteiger partial charge >= 0.3 is 6.09 Å². The topological polar surface area (TPSA) is 46.6 Å². The molecule has 0 N–H and O–H groups in total. The summed E-state index contributed by atoms with van der Waals surface area (Å²) in [4.78, 5) is 25.4. The maximum atomic E-state index is 12.4. The minimum Gasteiger partial charge on any atom is -0.444 e. The molecule has 1 atom stereocenters. The zero-order valence-electron chi connectivity index (χ0n) is 12.2. The van der Waals surface area contributed by atoms with Crippen molar-refractivity contribution in [3.63, 3.8) is 0 Å². The van der Waals surface area contributed by atoms with E-state index in [0.29, 0.717) is 0 Å². The van der Waals surface area contributed by atoms with Crippen LogP contribution in [0.2, 0.25) is 0 Å². The Balaban J connectivity index is 2.23. The van der Waals surface area contributed by atoms with Gasteiger partial charge in [-0.15, -0.1) is 0 Å². The summed E-state index contributed by atoms with van der Waals surface area (Å²) in [5.41, 5.74) is 0.259. The first-order chi connectivity index (χ1) is 9.42. The SMILES string of the molecule is CC(C)(C)OC(=O)N(C1CC1)C(C=O)c1ccccc1. The van der Waals surface area contributed by atoms with Crippen molar-refractivity contribution in [3.05, 3.63) is 35.9 Å². The molecular formula is C16H21NO3. The molecule has 1 unspecified atom stereocenters. The van der Waals surface area contributed by atoms with E-state index in [9.17, 15) is 9.59 Å². The third kappa shape index (κ3) is 3.59. The van der Waals surface area contributed by atoms with Crippen LogP contribution in [-0.2, 0) is 9.53 Å². The van der Waals surface area contributed by atoms with Gasteiger partial charge in [0.25, 0.3) is 0 Å². The number of hydrogen-bond acceptors (Lipinski definition) is 3. The van der Waals surface area contributed by atoms with Crippen LogP contribution in [0.15, 0.2) is 30.3 Å². The maximum absolute atomic E-state index is 12.4. The van der Waals surface area contributed by atoms with Gasteiger partial charge in [0, 0.05) is 6.04 Å². The van der Waals surface area contributed by atoms with Crippen LogP contribution >= 0.6 is 0 Å². The Morgan fingerprint density at radius 3 is 2.35 bits per heavy atom. The Kier molecular flexibility index (Phi) is 4.12. The minimum absolute atomic E-state index is 0.111. The van der Waals surface area contributed by atoms with Crippen molar-refractivity contribution in [2.75, 3.05) is 0 Å². The van der Waals surface area contributed by atoms with Crippen LogP contribution in [0.25, 0.3) is 0 Å². The smallest absolute Gasteiger partial charge is 0.411 e. The molecule has 1 aliphatic carbocycles. The van der Waals surface area contributed by atoms with Crippen molar-refractivity contribution < 1.29 is 14.3 Å². The van der Waals surface area contributed by atoms with Crippen LogP contribution in [0.5, 0.6) is 0 Å². The number of carbonyl (C=O) groups is 2. The van der Waals surface area contributed by atoms with E-state index >= 15 is 0 Å². The van der Waals surface area contributed by atoms with E-state index in [-0.39, 0.29) is 6.04 Å². The fraction of sp³-hybridized carbons (Fsp3) is 0.500. The Labute approximate surface area is 119 Å². The summed E-state index contributed by atoms with van der Waals surface area (Å²) in [7, 11) is 0. The number of hydrogen-bond donors (Lipinski definition) is 0. The van der Waals surface area contributed by atoms with Crippen molar-refractivity contribution in [1.82, 2.24) is 4.90 Å². The Hall–Kier alpha value is -1.84. The first-order valence-corrected chi connectivity index (χ1v) is 6.94. The standard InChI is InChI=1S/C16H21NO3/c1-16(2,3)20-15(19)17(13-9-10-13)14(11-18)12-7-5-4-6-8-12/h4-8,11,13-14H,9-10H2,1-3H3. The van der Waals surface area contributed by atoms with Gasteiger partial charge in [-0.3, -0.25) is 4.90 Å². The minimum atomic E-state index is -0.571. The molecule has 1 amide bonds. The lowest BCUT2D eigenvalue weighted by Gasteiger charge is -2.31. The fourth-order valence-electron chi connectivity index (χ4n) is 2.11. The van der Waals surface area contributed by atoms with Gasteiger partial charge in [-0.1, -0.05) is 30.3 Å². The molecule has 1 fully saturated rings. The summed E-state index contributed by atoms with van der Waals surface area (Å²) in [5.74, 6) is 0. The summed E-state index contributed by atoms with van der Waals surface area (Å²) < 4.78 is 5.43. The number of nitrogens with zero attached hydrogens (tertiary/aromatic N) is 1. The number of benzene rings is 1. The van der Waals surface area contributed by atoms with Gasteiger partial charge in [0.15, 0.2) is 0 Å². The number of carbonyl (C=O) groups excluding carboxylic acids is 2. The van der Waals surface area contributed by atoms with Gasteiger partial charge in [-0.25, -0.2) is 4.79 Å². The van der Waals surface area contributed by atoms with E-state index in [2.05, 4.69) is 0 Å². The molecule has 1 aromatic rings. The molecule has 4 nitrogen and oxygen atoms in total. The second kappa shape index (κ2) is 5.65. The molecule has 20 heavy (non-hydrogen) atoms. The lowest BCUT2D eigenvalue weighted by atomic mass is 10.1. The van der Waals surface area contributed by atoms with Gasteiger partial charge in [-0.2, -0.15) is 0 Å².